The van der Waals surface area contributed by atoms with E-state index in [-0.39, 0.29) is 28.3 Å². The zero-order valence-electron chi connectivity index (χ0n) is 13.5. The molecule has 1 saturated carbocycles. The molecule has 0 amide bonds. The third-order valence-electron chi connectivity index (χ3n) is 5.11. The van der Waals surface area contributed by atoms with Crippen LogP contribution in [0, 0.1) is 11.2 Å². The molecule has 128 valence electrons. The Morgan fingerprint density at radius 3 is 2.83 bits per heavy atom. The van der Waals surface area contributed by atoms with Crippen LogP contribution in [-0.4, -0.2) is 34.2 Å². The average Bonchev–Trinajstić information content (AvgIpc) is 3.29. The van der Waals surface area contributed by atoms with Crippen molar-refractivity contribution in [3.05, 3.63) is 32.7 Å². The van der Waals surface area contributed by atoms with E-state index in [1.165, 1.54) is 10.6 Å². The number of rotatable bonds is 3. The van der Waals surface area contributed by atoms with E-state index in [0.29, 0.717) is 19.6 Å². The molecular weight excluding hydrogens is 313 g/mol. The number of pyridine rings is 1. The highest BCUT2D eigenvalue weighted by Crippen LogP contribution is 2.36. The van der Waals surface area contributed by atoms with Gasteiger partial charge in [-0.05, 0) is 37.3 Å². The van der Waals surface area contributed by atoms with Crippen LogP contribution in [0.2, 0.25) is 0 Å². The molecular formula is C16H20FN5O2. The topological polar surface area (TPSA) is 97.0 Å². The van der Waals surface area contributed by atoms with Crippen LogP contribution in [0.3, 0.4) is 0 Å². The number of halogens is 1. The van der Waals surface area contributed by atoms with Gasteiger partial charge >= 0.3 is 5.69 Å². The largest absolute Gasteiger partial charge is 0.354 e. The minimum absolute atomic E-state index is 0.0375. The van der Waals surface area contributed by atoms with Gasteiger partial charge in [0.1, 0.15) is 0 Å². The zero-order chi connectivity index (χ0) is 17.1. The van der Waals surface area contributed by atoms with Gasteiger partial charge in [-0.3, -0.25) is 14.3 Å². The van der Waals surface area contributed by atoms with Gasteiger partial charge in [0.15, 0.2) is 17.3 Å². The number of fused-ring (bicyclic) bond motifs is 1. The molecule has 0 radical (unpaired) electrons. The molecule has 1 unspecified atom stereocenters. The maximum Gasteiger partial charge on any atom is 0.330 e. The highest BCUT2D eigenvalue weighted by atomic mass is 19.1. The second-order valence-electron chi connectivity index (χ2n) is 7.21. The van der Waals surface area contributed by atoms with Crippen molar-refractivity contribution in [1.82, 2.24) is 14.5 Å². The maximum absolute atomic E-state index is 14.6. The third-order valence-corrected chi connectivity index (χ3v) is 5.11. The number of hydrogen-bond donors (Lipinski definition) is 2. The molecule has 0 aromatic carbocycles. The van der Waals surface area contributed by atoms with Crippen LogP contribution in [-0.2, 0) is 0 Å². The van der Waals surface area contributed by atoms with Crippen molar-refractivity contribution in [3.8, 4) is 0 Å². The first-order valence-electron chi connectivity index (χ1n) is 8.22. The monoisotopic (exact) mass is 333 g/mol. The van der Waals surface area contributed by atoms with E-state index in [9.17, 15) is 14.0 Å². The van der Waals surface area contributed by atoms with Crippen LogP contribution in [0.4, 0.5) is 10.2 Å². The number of nitrogens with zero attached hydrogens (tertiary/aromatic N) is 3. The summed E-state index contributed by atoms with van der Waals surface area (Å²) in [6.07, 6.45) is 2.59. The van der Waals surface area contributed by atoms with Crippen LogP contribution in [0.25, 0.3) is 11.0 Å². The van der Waals surface area contributed by atoms with Crippen LogP contribution < -0.4 is 21.9 Å². The van der Waals surface area contributed by atoms with E-state index in [0.717, 1.165) is 19.3 Å². The predicted octanol–water partition coefficient (Wildman–Crippen LogP) is 0.734. The molecule has 1 aliphatic carbocycles. The van der Waals surface area contributed by atoms with Crippen LogP contribution >= 0.6 is 0 Å². The average molecular weight is 333 g/mol. The lowest BCUT2D eigenvalue weighted by molar-refractivity contribution is 0.383. The molecule has 0 spiro atoms. The van der Waals surface area contributed by atoms with E-state index in [1.54, 1.807) is 0 Å². The number of aromatic amines is 1. The van der Waals surface area contributed by atoms with Crippen LogP contribution in [0.1, 0.15) is 32.2 Å². The van der Waals surface area contributed by atoms with Crippen molar-refractivity contribution in [2.24, 2.45) is 11.1 Å². The number of anilines is 1. The summed E-state index contributed by atoms with van der Waals surface area (Å²) < 4.78 is 16.1. The first-order chi connectivity index (χ1) is 11.4. The molecule has 4 rings (SSSR count). The fraction of sp³-hybridized carbons (Fsp3) is 0.562. The summed E-state index contributed by atoms with van der Waals surface area (Å²) in [7, 11) is 0. The summed E-state index contributed by atoms with van der Waals surface area (Å²) in [5.74, 6) is -0.352. The first-order valence-corrected chi connectivity index (χ1v) is 8.22. The van der Waals surface area contributed by atoms with E-state index >= 15 is 0 Å². The fourth-order valence-corrected chi connectivity index (χ4v) is 3.41. The molecule has 3 N–H and O–H groups in total. The molecule has 2 aliphatic rings. The van der Waals surface area contributed by atoms with Gasteiger partial charge in [0.25, 0.3) is 5.56 Å². The number of nitrogens with two attached hydrogens (primary N) is 1. The zero-order valence-corrected chi connectivity index (χ0v) is 13.5. The number of hydrogen-bond acceptors (Lipinski definition) is 5. The van der Waals surface area contributed by atoms with E-state index in [1.807, 2.05) is 4.90 Å². The van der Waals surface area contributed by atoms with Crippen molar-refractivity contribution in [1.29, 1.82) is 0 Å². The maximum atomic E-state index is 14.6. The minimum atomic E-state index is -0.599. The summed E-state index contributed by atoms with van der Waals surface area (Å²) >= 11 is 0. The summed E-state index contributed by atoms with van der Waals surface area (Å²) in [6, 6.07) is 1.22. The summed E-state index contributed by atoms with van der Waals surface area (Å²) in [5.41, 5.74) is 4.93. The second-order valence-corrected chi connectivity index (χ2v) is 7.21. The van der Waals surface area contributed by atoms with Gasteiger partial charge in [-0.25, -0.2) is 14.2 Å². The molecule has 3 heterocycles. The van der Waals surface area contributed by atoms with E-state index in [4.69, 9.17) is 5.73 Å². The fourth-order valence-electron chi connectivity index (χ4n) is 3.41. The van der Waals surface area contributed by atoms with Crippen LogP contribution in [0.15, 0.2) is 15.7 Å². The summed E-state index contributed by atoms with van der Waals surface area (Å²) in [6.45, 7) is 3.84. The normalized spacial score (nSPS) is 24.0. The SMILES string of the molecule is CC1(CN)CCN(c2nc3c(cc2F)c(=O)[nH]c(=O)n3C2CC2)C1. The minimum Gasteiger partial charge on any atom is -0.354 e. The lowest BCUT2D eigenvalue weighted by Gasteiger charge is -2.23. The predicted molar refractivity (Wildman–Crippen MR) is 88.8 cm³/mol. The van der Waals surface area contributed by atoms with E-state index < -0.39 is 17.1 Å². The van der Waals surface area contributed by atoms with Crippen molar-refractivity contribution >= 4 is 16.9 Å². The Kier molecular flexibility index (Phi) is 3.28. The lowest BCUT2D eigenvalue weighted by atomic mass is 9.90. The third kappa shape index (κ3) is 2.32. The van der Waals surface area contributed by atoms with Gasteiger partial charge < -0.3 is 10.6 Å². The molecule has 0 bridgehead atoms. The quantitative estimate of drug-likeness (QED) is 0.863. The molecule has 1 aliphatic heterocycles. The van der Waals surface area contributed by atoms with Gasteiger partial charge in [-0.1, -0.05) is 6.92 Å². The van der Waals surface area contributed by atoms with Crippen molar-refractivity contribution in [2.75, 3.05) is 24.5 Å². The Morgan fingerprint density at radius 2 is 2.21 bits per heavy atom. The molecule has 24 heavy (non-hydrogen) atoms. The molecule has 2 fully saturated rings. The van der Waals surface area contributed by atoms with E-state index in [2.05, 4.69) is 16.9 Å². The number of nitrogens with one attached hydrogen (secondary N) is 1. The Labute approximate surface area is 137 Å². The summed E-state index contributed by atoms with van der Waals surface area (Å²) in [4.78, 5) is 32.7. The Hall–Kier alpha value is -2.22. The van der Waals surface area contributed by atoms with Crippen LogP contribution in [0.5, 0.6) is 0 Å². The van der Waals surface area contributed by atoms with Crippen molar-refractivity contribution < 1.29 is 4.39 Å². The van der Waals surface area contributed by atoms with Gasteiger partial charge in [-0.15, -0.1) is 0 Å². The molecule has 1 saturated heterocycles. The summed E-state index contributed by atoms with van der Waals surface area (Å²) in [5, 5.41) is 0.114. The smallest absolute Gasteiger partial charge is 0.330 e. The number of H-pyrrole nitrogens is 1. The Bertz CT molecular complexity index is 932. The highest BCUT2D eigenvalue weighted by Gasteiger charge is 2.35. The van der Waals surface area contributed by atoms with Crippen molar-refractivity contribution in [3.63, 3.8) is 0 Å². The van der Waals surface area contributed by atoms with Gasteiger partial charge in [0.05, 0.1) is 5.39 Å². The Balaban J connectivity index is 1.89. The van der Waals surface area contributed by atoms with Crippen molar-refractivity contribution in [2.45, 2.75) is 32.2 Å². The molecule has 8 heteroatoms. The van der Waals surface area contributed by atoms with Gasteiger partial charge in [-0.2, -0.15) is 0 Å². The Morgan fingerprint density at radius 1 is 1.46 bits per heavy atom. The molecule has 2 aromatic heterocycles. The standard InChI is InChI=1S/C16H20FN5O2/c1-16(7-18)4-5-21(8-16)13-11(17)6-10-12(19-13)22(9-2-3-9)15(24)20-14(10)23/h6,9H,2-5,7-8,18H2,1H3,(H,20,23,24). The molecule has 1 atom stereocenters. The molecule has 7 nitrogen and oxygen atoms in total. The molecule has 2 aromatic rings. The second kappa shape index (κ2) is 5.14. The highest BCUT2D eigenvalue weighted by molar-refractivity contribution is 5.76. The van der Waals surface area contributed by atoms with Gasteiger partial charge in [0, 0.05) is 19.1 Å². The van der Waals surface area contributed by atoms with Gasteiger partial charge in [0.2, 0.25) is 0 Å². The lowest BCUT2D eigenvalue weighted by Crippen LogP contribution is -2.33. The number of aromatic nitrogens is 3. The first kappa shape index (κ1) is 15.3.